The first-order valence-corrected chi connectivity index (χ1v) is 13.3. The fraction of sp³-hybridized carbons (Fsp3) is 0.267. The molecule has 0 saturated carbocycles. The van der Waals surface area contributed by atoms with E-state index in [1.807, 2.05) is 24.3 Å². The van der Waals surface area contributed by atoms with E-state index in [0.29, 0.717) is 51.7 Å². The Morgan fingerprint density at radius 2 is 1.80 bits per heavy atom. The number of nitrogens with two attached hydrogens (primary N) is 1. The average Bonchev–Trinajstić information content (AvgIpc) is 3.31. The second-order valence-corrected chi connectivity index (χ2v) is 10.1. The van der Waals surface area contributed by atoms with Crippen LogP contribution in [0.15, 0.2) is 60.8 Å². The predicted molar refractivity (Wildman–Crippen MR) is 159 cm³/mol. The van der Waals surface area contributed by atoms with Crippen LogP contribution in [-0.4, -0.2) is 86.5 Å². The van der Waals surface area contributed by atoms with E-state index in [1.165, 1.54) is 13.3 Å². The van der Waals surface area contributed by atoms with Crippen LogP contribution in [0.4, 0.5) is 22.7 Å². The van der Waals surface area contributed by atoms with Gasteiger partial charge in [-0.2, -0.15) is 0 Å². The topological polar surface area (TPSA) is 133 Å². The normalized spacial score (nSPS) is 16.5. The van der Waals surface area contributed by atoms with Crippen LogP contribution in [0, 0.1) is 0 Å². The van der Waals surface area contributed by atoms with Crippen molar-refractivity contribution in [3.63, 3.8) is 0 Å². The summed E-state index contributed by atoms with van der Waals surface area (Å²) in [5, 5.41) is 6.20. The Bertz CT molecular complexity index is 1490. The molecule has 1 fully saturated rings. The van der Waals surface area contributed by atoms with Crippen molar-refractivity contribution in [2.75, 3.05) is 75.2 Å². The number of ether oxygens (including phenoxy) is 1. The lowest BCUT2D eigenvalue weighted by atomic mass is 10.00. The molecule has 11 heteroatoms. The molecule has 1 saturated heterocycles. The van der Waals surface area contributed by atoms with Gasteiger partial charge in [-0.15, -0.1) is 0 Å². The molecule has 0 spiro atoms. The molecule has 0 aliphatic carbocycles. The van der Waals surface area contributed by atoms with Gasteiger partial charge < -0.3 is 30.9 Å². The highest BCUT2D eigenvalue weighted by Crippen LogP contribution is 2.38. The van der Waals surface area contributed by atoms with E-state index in [9.17, 15) is 14.4 Å². The molecule has 2 amide bonds. The second-order valence-electron chi connectivity index (χ2n) is 10.1. The number of nitrogens with one attached hydrogen (secondary N) is 2. The number of esters is 1. The first kappa shape index (κ1) is 27.8. The number of nitrogen functional groups attached to an aromatic ring is 1. The van der Waals surface area contributed by atoms with Crippen LogP contribution in [0.1, 0.15) is 21.6 Å². The highest BCUT2D eigenvalue weighted by molar-refractivity contribution is 6.37. The zero-order valence-electron chi connectivity index (χ0n) is 23.3. The molecule has 3 heterocycles. The van der Waals surface area contributed by atoms with E-state index in [2.05, 4.69) is 32.5 Å². The third-order valence-corrected chi connectivity index (χ3v) is 7.33. The summed E-state index contributed by atoms with van der Waals surface area (Å²) in [5.74, 6) is -0.827. The molecule has 11 nitrogen and oxygen atoms in total. The number of carbonyl (C=O) groups is 3. The largest absolute Gasteiger partial charge is 0.465 e. The van der Waals surface area contributed by atoms with Gasteiger partial charge in [-0.25, -0.2) is 4.79 Å². The number of rotatable bonds is 7. The molecular weight excluding hydrogens is 522 g/mol. The summed E-state index contributed by atoms with van der Waals surface area (Å²) >= 11 is 0. The van der Waals surface area contributed by atoms with Crippen LogP contribution in [0.3, 0.4) is 0 Å². The number of aromatic nitrogens is 1. The van der Waals surface area contributed by atoms with Gasteiger partial charge in [0.15, 0.2) is 0 Å². The maximum Gasteiger partial charge on any atom is 0.337 e. The maximum absolute atomic E-state index is 13.2. The molecule has 5 rings (SSSR count). The lowest BCUT2D eigenvalue weighted by Crippen LogP contribution is -2.48. The Labute approximate surface area is 238 Å². The van der Waals surface area contributed by atoms with Crippen molar-refractivity contribution < 1.29 is 19.1 Å². The SMILES string of the molecule is COC(=O)c1ccc2c(c1)/C(=C(/Nc1ccc(N(C)C(=O)CN3CCN(C)CC3)cc1)c1ccc(N)cn1)C(=O)N2. The van der Waals surface area contributed by atoms with Gasteiger partial charge in [-0.3, -0.25) is 19.5 Å². The van der Waals surface area contributed by atoms with Crippen molar-refractivity contribution in [2.24, 2.45) is 0 Å². The molecule has 2 aliphatic rings. The first-order chi connectivity index (χ1) is 19.7. The highest BCUT2D eigenvalue weighted by Gasteiger charge is 2.30. The predicted octanol–water partition coefficient (Wildman–Crippen LogP) is 2.59. The van der Waals surface area contributed by atoms with E-state index in [-0.39, 0.29) is 11.8 Å². The van der Waals surface area contributed by atoms with Gasteiger partial charge in [-0.05, 0) is 61.6 Å². The molecule has 212 valence electrons. The number of amides is 2. The molecule has 2 aliphatic heterocycles. The summed E-state index contributed by atoms with van der Waals surface area (Å²) < 4.78 is 4.87. The lowest BCUT2D eigenvalue weighted by molar-refractivity contribution is -0.119. The third kappa shape index (κ3) is 6.06. The summed E-state index contributed by atoms with van der Waals surface area (Å²) in [6, 6.07) is 15.7. The third-order valence-electron chi connectivity index (χ3n) is 7.33. The maximum atomic E-state index is 13.2. The molecular formula is C30H33N7O4. The number of fused-ring (bicyclic) bond motifs is 1. The van der Waals surface area contributed by atoms with Crippen LogP contribution in [0.25, 0.3) is 11.3 Å². The molecule has 0 unspecified atom stereocenters. The van der Waals surface area contributed by atoms with Gasteiger partial charge in [-0.1, -0.05) is 0 Å². The van der Waals surface area contributed by atoms with Crippen LogP contribution in [0.5, 0.6) is 0 Å². The van der Waals surface area contributed by atoms with Crippen molar-refractivity contribution in [1.29, 1.82) is 0 Å². The van der Waals surface area contributed by atoms with Crippen molar-refractivity contribution >= 4 is 51.8 Å². The average molecular weight is 556 g/mol. The number of hydrogen-bond acceptors (Lipinski definition) is 9. The number of pyridine rings is 1. The Morgan fingerprint density at radius 1 is 1.07 bits per heavy atom. The van der Waals surface area contributed by atoms with Crippen molar-refractivity contribution in [3.8, 4) is 0 Å². The molecule has 41 heavy (non-hydrogen) atoms. The number of likely N-dealkylation sites (N-methyl/N-ethyl adjacent to an activating group) is 2. The standard InChI is InChI=1S/C30H33N7O4/c1-35-12-14-37(15-13-35)18-26(38)36(2)22-8-6-21(7-9-22)33-28(25-11-5-20(31)17-32-25)27-23-16-19(30(40)41-3)4-10-24(23)34-29(27)39/h4-11,16-17,33H,12-15,18,31H2,1-3H3,(H,34,39)/b28-27-. The number of benzene rings is 2. The van der Waals surface area contributed by atoms with E-state index >= 15 is 0 Å². The fourth-order valence-electron chi connectivity index (χ4n) is 4.83. The molecule has 0 radical (unpaired) electrons. The number of anilines is 4. The Kier molecular flexibility index (Phi) is 7.99. The summed E-state index contributed by atoms with van der Waals surface area (Å²) in [4.78, 5) is 48.9. The van der Waals surface area contributed by atoms with Crippen molar-refractivity contribution in [2.45, 2.75) is 0 Å². The minimum absolute atomic E-state index is 0.0183. The monoisotopic (exact) mass is 555 g/mol. The smallest absolute Gasteiger partial charge is 0.337 e. The van der Waals surface area contributed by atoms with Crippen molar-refractivity contribution in [3.05, 3.63) is 77.6 Å². The zero-order chi connectivity index (χ0) is 29.1. The number of nitrogens with zero attached hydrogens (tertiary/aromatic N) is 4. The highest BCUT2D eigenvalue weighted by atomic mass is 16.5. The molecule has 3 aromatic rings. The minimum Gasteiger partial charge on any atom is -0.465 e. The number of piperazine rings is 1. The molecule has 2 aromatic carbocycles. The summed E-state index contributed by atoms with van der Waals surface area (Å²) in [7, 11) is 5.16. The van der Waals surface area contributed by atoms with E-state index < -0.39 is 5.97 Å². The Hall–Kier alpha value is -4.74. The minimum atomic E-state index is -0.506. The Morgan fingerprint density at radius 3 is 2.46 bits per heavy atom. The summed E-state index contributed by atoms with van der Waals surface area (Å²) in [5.41, 5.74) is 10.5. The van der Waals surface area contributed by atoms with E-state index in [4.69, 9.17) is 10.5 Å². The Balaban J connectivity index is 1.43. The van der Waals surface area contributed by atoms with Gasteiger partial charge in [0.2, 0.25) is 5.91 Å². The van der Waals surface area contributed by atoms with Gasteiger partial charge in [0, 0.05) is 55.9 Å². The quantitative estimate of drug-likeness (QED) is 0.297. The summed E-state index contributed by atoms with van der Waals surface area (Å²) in [6.45, 7) is 4.00. The van der Waals surface area contributed by atoms with E-state index in [1.54, 1.807) is 42.3 Å². The number of methoxy groups -OCH3 is 1. The second kappa shape index (κ2) is 11.8. The zero-order valence-corrected chi connectivity index (χ0v) is 23.3. The van der Waals surface area contributed by atoms with Gasteiger partial charge in [0.25, 0.3) is 5.91 Å². The van der Waals surface area contributed by atoms with Crippen LogP contribution in [-0.2, 0) is 14.3 Å². The number of hydrogen-bond donors (Lipinski definition) is 3. The lowest BCUT2D eigenvalue weighted by Gasteiger charge is -2.32. The van der Waals surface area contributed by atoms with Gasteiger partial charge >= 0.3 is 5.97 Å². The fourth-order valence-corrected chi connectivity index (χ4v) is 4.83. The van der Waals surface area contributed by atoms with Crippen LogP contribution >= 0.6 is 0 Å². The molecule has 0 atom stereocenters. The molecule has 4 N–H and O–H groups in total. The van der Waals surface area contributed by atoms with Gasteiger partial charge in [0.05, 0.1) is 48.1 Å². The van der Waals surface area contributed by atoms with Crippen LogP contribution in [0.2, 0.25) is 0 Å². The first-order valence-electron chi connectivity index (χ1n) is 13.3. The summed E-state index contributed by atoms with van der Waals surface area (Å²) in [6.07, 6.45) is 1.51. The van der Waals surface area contributed by atoms with Gasteiger partial charge in [0.1, 0.15) is 0 Å². The number of carbonyl (C=O) groups excluding carboxylic acids is 3. The molecule has 1 aromatic heterocycles. The van der Waals surface area contributed by atoms with E-state index in [0.717, 1.165) is 31.9 Å². The van der Waals surface area contributed by atoms with Crippen molar-refractivity contribution in [1.82, 2.24) is 14.8 Å². The van der Waals surface area contributed by atoms with Crippen LogP contribution < -0.4 is 21.3 Å². The molecule has 0 bridgehead atoms.